The van der Waals surface area contributed by atoms with Gasteiger partial charge in [0, 0.05) is 25.8 Å². The average molecular weight is 421 g/mol. The van der Waals surface area contributed by atoms with Gasteiger partial charge in [-0.3, -0.25) is 4.79 Å². The highest BCUT2D eigenvalue weighted by molar-refractivity contribution is 9.11. The van der Waals surface area contributed by atoms with Crippen molar-refractivity contribution in [2.45, 2.75) is 6.42 Å². The largest absolute Gasteiger partial charge is 0.355 e. The van der Waals surface area contributed by atoms with E-state index < -0.39 is 0 Å². The van der Waals surface area contributed by atoms with E-state index in [-0.39, 0.29) is 5.91 Å². The Labute approximate surface area is 157 Å². The van der Waals surface area contributed by atoms with Crippen LogP contribution in [0.4, 0.5) is 11.5 Å². The lowest BCUT2D eigenvalue weighted by atomic mass is 10.3. The normalized spacial score (nSPS) is 15.3. The van der Waals surface area contributed by atoms with Crippen LogP contribution in [0.5, 0.6) is 0 Å². The van der Waals surface area contributed by atoms with Crippen molar-refractivity contribution in [3.8, 4) is 0 Å². The number of hydrogen-bond donors (Lipinski definition) is 2. The molecule has 1 fully saturated rings. The molecule has 3 aromatic rings. The fourth-order valence-corrected chi connectivity index (χ4v) is 3.97. The first-order valence-corrected chi connectivity index (χ1v) is 9.74. The molecule has 130 valence electrons. The number of rotatable bonds is 3. The summed E-state index contributed by atoms with van der Waals surface area (Å²) in [7, 11) is 0. The number of aromatic nitrogens is 3. The average Bonchev–Trinajstić information content (AvgIpc) is 3.11. The SMILES string of the molecule is O=C(Nc1ccsc1Br)c1cnn2ccc(N3CCCNCC3)nc12. The van der Waals surface area contributed by atoms with Gasteiger partial charge in [0.05, 0.1) is 15.7 Å². The van der Waals surface area contributed by atoms with Gasteiger partial charge in [-0.15, -0.1) is 11.3 Å². The number of anilines is 2. The lowest BCUT2D eigenvalue weighted by molar-refractivity contribution is 0.102. The van der Waals surface area contributed by atoms with Gasteiger partial charge in [0.1, 0.15) is 11.4 Å². The smallest absolute Gasteiger partial charge is 0.261 e. The molecule has 1 saturated heterocycles. The van der Waals surface area contributed by atoms with E-state index in [9.17, 15) is 4.79 Å². The maximum Gasteiger partial charge on any atom is 0.261 e. The Balaban J connectivity index is 1.64. The molecular formula is C16H17BrN6OS. The minimum Gasteiger partial charge on any atom is -0.355 e. The molecule has 0 radical (unpaired) electrons. The topological polar surface area (TPSA) is 74.6 Å². The zero-order valence-corrected chi connectivity index (χ0v) is 15.8. The summed E-state index contributed by atoms with van der Waals surface area (Å²) in [5, 5.41) is 12.5. The molecule has 3 aromatic heterocycles. The van der Waals surface area contributed by atoms with Gasteiger partial charge in [-0.1, -0.05) is 0 Å². The molecule has 25 heavy (non-hydrogen) atoms. The summed E-state index contributed by atoms with van der Waals surface area (Å²) in [6.45, 7) is 3.81. The first-order chi connectivity index (χ1) is 12.2. The molecule has 0 aromatic carbocycles. The highest BCUT2D eigenvalue weighted by Gasteiger charge is 2.18. The summed E-state index contributed by atoms with van der Waals surface area (Å²) in [5.74, 6) is 0.666. The molecule has 7 nitrogen and oxygen atoms in total. The van der Waals surface area contributed by atoms with Crippen LogP contribution in [0.3, 0.4) is 0 Å². The fourth-order valence-electron chi connectivity index (χ4n) is 2.84. The Kier molecular flexibility index (Phi) is 4.69. The second-order valence-corrected chi connectivity index (χ2v) is 8.00. The van der Waals surface area contributed by atoms with Gasteiger partial charge >= 0.3 is 0 Å². The van der Waals surface area contributed by atoms with Gasteiger partial charge < -0.3 is 15.5 Å². The number of fused-ring (bicyclic) bond motifs is 1. The minimum absolute atomic E-state index is 0.212. The number of nitrogens with one attached hydrogen (secondary N) is 2. The third-order valence-corrected chi connectivity index (χ3v) is 5.82. The fraction of sp³-hybridized carbons (Fsp3) is 0.312. The third-order valence-electron chi connectivity index (χ3n) is 4.13. The summed E-state index contributed by atoms with van der Waals surface area (Å²) in [6, 6.07) is 3.81. The summed E-state index contributed by atoms with van der Waals surface area (Å²) in [4.78, 5) is 19.6. The Morgan fingerprint density at radius 1 is 1.32 bits per heavy atom. The van der Waals surface area contributed by atoms with Crippen LogP contribution in [0.25, 0.3) is 5.65 Å². The van der Waals surface area contributed by atoms with Gasteiger partial charge in [-0.25, -0.2) is 9.50 Å². The monoisotopic (exact) mass is 420 g/mol. The summed E-state index contributed by atoms with van der Waals surface area (Å²) < 4.78 is 2.53. The van der Waals surface area contributed by atoms with E-state index >= 15 is 0 Å². The molecule has 0 bridgehead atoms. The predicted octanol–water partition coefficient (Wildman–Crippen LogP) is 2.61. The van der Waals surface area contributed by atoms with Crippen molar-refractivity contribution in [1.82, 2.24) is 19.9 Å². The van der Waals surface area contributed by atoms with E-state index in [0.29, 0.717) is 11.2 Å². The van der Waals surface area contributed by atoms with E-state index in [1.807, 2.05) is 23.7 Å². The molecule has 0 unspecified atom stereocenters. The minimum atomic E-state index is -0.212. The highest BCUT2D eigenvalue weighted by atomic mass is 79.9. The van der Waals surface area contributed by atoms with Gasteiger partial charge in [-0.05, 0) is 46.4 Å². The van der Waals surface area contributed by atoms with Gasteiger partial charge in [0.25, 0.3) is 5.91 Å². The Bertz CT molecular complexity index is 899. The van der Waals surface area contributed by atoms with Crippen molar-refractivity contribution in [2.24, 2.45) is 0 Å². The van der Waals surface area contributed by atoms with E-state index in [2.05, 4.69) is 36.6 Å². The Hall–Kier alpha value is -1.97. The van der Waals surface area contributed by atoms with Crippen LogP contribution in [-0.2, 0) is 0 Å². The van der Waals surface area contributed by atoms with Gasteiger partial charge in [0.2, 0.25) is 0 Å². The van der Waals surface area contributed by atoms with Crippen molar-refractivity contribution >= 4 is 50.3 Å². The molecule has 2 N–H and O–H groups in total. The van der Waals surface area contributed by atoms with Crippen LogP contribution in [0.1, 0.15) is 16.8 Å². The van der Waals surface area contributed by atoms with Crippen LogP contribution in [-0.4, -0.2) is 46.7 Å². The van der Waals surface area contributed by atoms with Crippen molar-refractivity contribution in [1.29, 1.82) is 0 Å². The number of carbonyl (C=O) groups is 1. The Morgan fingerprint density at radius 2 is 2.24 bits per heavy atom. The molecule has 4 rings (SSSR count). The number of nitrogens with zero attached hydrogens (tertiary/aromatic N) is 4. The number of amides is 1. The predicted molar refractivity (Wildman–Crippen MR) is 103 cm³/mol. The lowest BCUT2D eigenvalue weighted by Crippen LogP contribution is -2.28. The summed E-state index contributed by atoms with van der Waals surface area (Å²) >= 11 is 4.96. The van der Waals surface area contributed by atoms with Crippen molar-refractivity contribution in [3.63, 3.8) is 0 Å². The van der Waals surface area contributed by atoms with E-state index in [0.717, 1.165) is 47.9 Å². The van der Waals surface area contributed by atoms with E-state index in [1.54, 1.807) is 10.7 Å². The maximum absolute atomic E-state index is 12.6. The molecule has 1 aliphatic rings. The van der Waals surface area contributed by atoms with Gasteiger partial charge in [-0.2, -0.15) is 5.10 Å². The van der Waals surface area contributed by atoms with Gasteiger partial charge in [0.15, 0.2) is 5.65 Å². The molecule has 0 saturated carbocycles. The number of thiophene rings is 1. The maximum atomic E-state index is 12.6. The molecule has 4 heterocycles. The number of hydrogen-bond acceptors (Lipinski definition) is 6. The molecule has 0 spiro atoms. The first kappa shape index (κ1) is 16.5. The zero-order chi connectivity index (χ0) is 17.2. The second kappa shape index (κ2) is 7.11. The quantitative estimate of drug-likeness (QED) is 0.680. The molecule has 1 aliphatic heterocycles. The van der Waals surface area contributed by atoms with E-state index in [4.69, 9.17) is 4.98 Å². The van der Waals surface area contributed by atoms with Crippen LogP contribution < -0.4 is 15.5 Å². The van der Waals surface area contributed by atoms with Crippen LogP contribution in [0.15, 0.2) is 33.7 Å². The van der Waals surface area contributed by atoms with Crippen LogP contribution >= 0.6 is 27.3 Å². The lowest BCUT2D eigenvalue weighted by Gasteiger charge is -2.20. The summed E-state index contributed by atoms with van der Waals surface area (Å²) in [5.41, 5.74) is 1.79. The third kappa shape index (κ3) is 3.39. The van der Waals surface area contributed by atoms with Crippen LogP contribution in [0, 0.1) is 0 Å². The molecule has 0 aliphatic carbocycles. The molecular weight excluding hydrogens is 404 g/mol. The molecule has 1 amide bonds. The number of carbonyl (C=O) groups excluding carboxylic acids is 1. The molecule has 0 atom stereocenters. The van der Waals surface area contributed by atoms with E-state index in [1.165, 1.54) is 11.3 Å². The highest BCUT2D eigenvalue weighted by Crippen LogP contribution is 2.29. The summed E-state index contributed by atoms with van der Waals surface area (Å²) in [6.07, 6.45) is 4.49. The van der Waals surface area contributed by atoms with Crippen molar-refractivity contribution < 1.29 is 4.79 Å². The van der Waals surface area contributed by atoms with Crippen LogP contribution in [0.2, 0.25) is 0 Å². The van der Waals surface area contributed by atoms with Crippen molar-refractivity contribution in [2.75, 3.05) is 36.4 Å². The zero-order valence-electron chi connectivity index (χ0n) is 13.4. The molecule has 9 heteroatoms. The van der Waals surface area contributed by atoms with Crippen molar-refractivity contribution in [3.05, 3.63) is 39.3 Å². The standard InChI is InChI=1S/C16H17BrN6OS/c17-14-12(3-9-25-14)20-16(24)11-10-19-23-7-2-13(21-15(11)23)22-6-1-4-18-5-8-22/h2-3,7,9-10,18H,1,4-6,8H2,(H,20,24). The first-order valence-electron chi connectivity index (χ1n) is 8.07. The Morgan fingerprint density at radius 3 is 3.08 bits per heavy atom. The number of halogens is 1. The second-order valence-electron chi connectivity index (χ2n) is 5.76.